The van der Waals surface area contributed by atoms with Crippen molar-refractivity contribution in [3.63, 3.8) is 0 Å². The van der Waals surface area contributed by atoms with Crippen LogP contribution in [0.5, 0.6) is 0 Å². The fourth-order valence-electron chi connectivity index (χ4n) is 0.860. The van der Waals surface area contributed by atoms with Crippen molar-refractivity contribution in [1.82, 2.24) is 10.2 Å². The molecule has 0 atom stereocenters. The normalized spacial score (nSPS) is 9.92. The summed E-state index contributed by atoms with van der Waals surface area (Å²) in [6.07, 6.45) is 0. The van der Waals surface area contributed by atoms with Crippen molar-refractivity contribution in [2.45, 2.75) is 6.92 Å². The number of aliphatic hydroxyl groups is 1. The van der Waals surface area contributed by atoms with Crippen LogP contribution in [-0.4, -0.2) is 35.5 Å². The maximum Gasteiger partial charge on any atom is 0.151 e. The second kappa shape index (κ2) is 4.01. The van der Waals surface area contributed by atoms with Gasteiger partial charge in [-0.25, -0.2) is 0 Å². The zero-order chi connectivity index (χ0) is 8.97. The van der Waals surface area contributed by atoms with E-state index in [0.29, 0.717) is 6.54 Å². The Balaban J connectivity index is 2.68. The smallest absolute Gasteiger partial charge is 0.151 e. The molecule has 0 amide bonds. The van der Waals surface area contributed by atoms with Crippen LogP contribution < -0.4 is 4.90 Å². The summed E-state index contributed by atoms with van der Waals surface area (Å²) in [5.41, 5.74) is 0.899. The van der Waals surface area contributed by atoms with E-state index in [1.165, 1.54) is 0 Å². The lowest BCUT2D eigenvalue weighted by molar-refractivity contribution is 0.303. The lowest BCUT2D eigenvalue weighted by atomic mass is 10.4. The third kappa shape index (κ3) is 2.17. The van der Waals surface area contributed by atoms with Gasteiger partial charge in [0.25, 0.3) is 0 Å². The van der Waals surface area contributed by atoms with Crippen LogP contribution in [0.15, 0.2) is 12.1 Å². The third-order valence-corrected chi connectivity index (χ3v) is 1.61. The van der Waals surface area contributed by atoms with E-state index >= 15 is 0 Å². The van der Waals surface area contributed by atoms with Crippen molar-refractivity contribution in [2.24, 2.45) is 0 Å². The lowest BCUT2D eigenvalue weighted by Gasteiger charge is -2.15. The number of nitrogens with zero attached hydrogens (tertiary/aromatic N) is 3. The fourth-order valence-corrected chi connectivity index (χ4v) is 0.860. The second-order valence-electron chi connectivity index (χ2n) is 2.68. The van der Waals surface area contributed by atoms with Gasteiger partial charge in [0.15, 0.2) is 5.82 Å². The van der Waals surface area contributed by atoms with Crippen LogP contribution in [0.25, 0.3) is 0 Å². The molecule has 0 aromatic carbocycles. The number of anilines is 1. The van der Waals surface area contributed by atoms with Crippen molar-refractivity contribution in [1.29, 1.82) is 0 Å². The molecule has 1 N–H and O–H groups in total. The average molecular weight is 167 g/mol. The highest BCUT2D eigenvalue weighted by Crippen LogP contribution is 2.05. The van der Waals surface area contributed by atoms with Crippen molar-refractivity contribution in [3.05, 3.63) is 17.8 Å². The molecule has 0 aliphatic heterocycles. The van der Waals surface area contributed by atoms with E-state index in [4.69, 9.17) is 5.11 Å². The fraction of sp³-hybridized carbons (Fsp3) is 0.500. The van der Waals surface area contributed by atoms with E-state index in [0.717, 1.165) is 11.5 Å². The van der Waals surface area contributed by atoms with Gasteiger partial charge < -0.3 is 10.0 Å². The van der Waals surface area contributed by atoms with Gasteiger partial charge >= 0.3 is 0 Å². The van der Waals surface area contributed by atoms with Gasteiger partial charge in [-0.05, 0) is 19.1 Å². The van der Waals surface area contributed by atoms with E-state index in [2.05, 4.69) is 10.2 Å². The van der Waals surface area contributed by atoms with Gasteiger partial charge in [-0.2, -0.15) is 5.10 Å². The zero-order valence-electron chi connectivity index (χ0n) is 7.36. The molecule has 0 unspecified atom stereocenters. The van der Waals surface area contributed by atoms with E-state index in [9.17, 15) is 0 Å². The molecule has 1 aromatic heterocycles. The molecule has 4 heteroatoms. The first kappa shape index (κ1) is 8.93. The summed E-state index contributed by atoms with van der Waals surface area (Å²) in [4.78, 5) is 1.85. The minimum Gasteiger partial charge on any atom is -0.395 e. The Morgan fingerprint density at radius 2 is 2.17 bits per heavy atom. The first-order valence-corrected chi connectivity index (χ1v) is 3.86. The summed E-state index contributed by atoms with van der Waals surface area (Å²) in [5.74, 6) is 0.787. The molecule has 0 radical (unpaired) electrons. The number of aryl methyl sites for hydroxylation is 1. The van der Waals surface area contributed by atoms with Gasteiger partial charge in [0, 0.05) is 13.6 Å². The van der Waals surface area contributed by atoms with Gasteiger partial charge in [0.1, 0.15) is 0 Å². The molecule has 0 spiro atoms. The maximum absolute atomic E-state index is 8.66. The van der Waals surface area contributed by atoms with Crippen LogP contribution in [0.4, 0.5) is 5.82 Å². The molecule has 0 aliphatic rings. The average Bonchev–Trinajstić information content (AvgIpc) is 2.06. The first-order valence-electron chi connectivity index (χ1n) is 3.86. The third-order valence-electron chi connectivity index (χ3n) is 1.61. The van der Waals surface area contributed by atoms with Crippen molar-refractivity contribution in [2.75, 3.05) is 25.1 Å². The van der Waals surface area contributed by atoms with Crippen LogP contribution in [0.3, 0.4) is 0 Å². The number of hydrogen-bond donors (Lipinski definition) is 1. The number of aliphatic hydroxyl groups excluding tert-OH is 1. The Hall–Kier alpha value is -1.16. The Morgan fingerprint density at radius 3 is 2.67 bits per heavy atom. The van der Waals surface area contributed by atoms with Gasteiger partial charge in [-0.1, -0.05) is 0 Å². The second-order valence-corrected chi connectivity index (χ2v) is 2.68. The standard InChI is InChI=1S/C8H13N3O/c1-7-3-4-8(10-9-7)11(2)5-6-12/h3-4,12H,5-6H2,1-2H3. The molecule has 66 valence electrons. The number of rotatable bonds is 3. The Morgan fingerprint density at radius 1 is 1.42 bits per heavy atom. The first-order chi connectivity index (χ1) is 5.74. The molecule has 12 heavy (non-hydrogen) atoms. The summed E-state index contributed by atoms with van der Waals surface area (Å²) < 4.78 is 0. The minimum absolute atomic E-state index is 0.131. The highest BCUT2D eigenvalue weighted by Gasteiger charge is 2.00. The minimum atomic E-state index is 0.131. The quantitative estimate of drug-likeness (QED) is 0.699. The highest BCUT2D eigenvalue weighted by atomic mass is 16.3. The van der Waals surface area contributed by atoms with Crippen LogP contribution in [0, 0.1) is 6.92 Å². The van der Waals surface area contributed by atoms with Crippen LogP contribution in [-0.2, 0) is 0 Å². The lowest BCUT2D eigenvalue weighted by Crippen LogP contribution is -2.22. The summed E-state index contributed by atoms with van der Waals surface area (Å²) in [5, 5.41) is 16.5. The predicted octanol–water partition coefficient (Wildman–Crippen LogP) is 0.214. The van der Waals surface area contributed by atoms with E-state index in [1.54, 1.807) is 0 Å². The Bertz CT molecular complexity index is 235. The SMILES string of the molecule is Cc1ccc(N(C)CCO)nn1. The topological polar surface area (TPSA) is 49.2 Å². The summed E-state index contributed by atoms with van der Waals surface area (Å²) >= 11 is 0. The molecule has 0 aliphatic carbocycles. The van der Waals surface area contributed by atoms with Crippen molar-refractivity contribution >= 4 is 5.82 Å². The molecular formula is C8H13N3O. The molecule has 1 rings (SSSR count). The molecule has 4 nitrogen and oxygen atoms in total. The Kier molecular flexibility index (Phi) is 2.99. The number of aromatic nitrogens is 2. The summed E-state index contributed by atoms with van der Waals surface area (Å²) in [6, 6.07) is 3.79. The van der Waals surface area contributed by atoms with Crippen molar-refractivity contribution in [3.8, 4) is 0 Å². The van der Waals surface area contributed by atoms with Crippen LogP contribution >= 0.6 is 0 Å². The number of hydrogen-bond acceptors (Lipinski definition) is 4. The molecular weight excluding hydrogens is 154 g/mol. The maximum atomic E-state index is 8.66. The largest absolute Gasteiger partial charge is 0.395 e. The molecule has 0 saturated heterocycles. The predicted molar refractivity (Wildman–Crippen MR) is 47.1 cm³/mol. The molecule has 0 fully saturated rings. The molecule has 0 saturated carbocycles. The van der Waals surface area contributed by atoms with Crippen molar-refractivity contribution < 1.29 is 5.11 Å². The van der Waals surface area contributed by atoms with Gasteiger partial charge in [0.2, 0.25) is 0 Å². The zero-order valence-corrected chi connectivity index (χ0v) is 7.36. The monoisotopic (exact) mass is 167 g/mol. The Labute approximate surface area is 71.9 Å². The van der Waals surface area contributed by atoms with E-state index in [-0.39, 0.29) is 6.61 Å². The number of likely N-dealkylation sites (N-methyl/N-ethyl adjacent to an activating group) is 1. The van der Waals surface area contributed by atoms with Crippen LogP contribution in [0.2, 0.25) is 0 Å². The van der Waals surface area contributed by atoms with Gasteiger partial charge in [-0.15, -0.1) is 5.10 Å². The van der Waals surface area contributed by atoms with E-state index in [1.807, 2.05) is 31.0 Å². The van der Waals surface area contributed by atoms with E-state index < -0.39 is 0 Å². The van der Waals surface area contributed by atoms with Gasteiger partial charge in [-0.3, -0.25) is 0 Å². The van der Waals surface area contributed by atoms with Crippen LogP contribution in [0.1, 0.15) is 5.69 Å². The molecule has 0 bridgehead atoms. The summed E-state index contributed by atoms with van der Waals surface area (Å²) in [6.45, 7) is 2.60. The summed E-state index contributed by atoms with van der Waals surface area (Å²) in [7, 11) is 1.87. The molecule has 1 aromatic rings. The molecule has 1 heterocycles. The van der Waals surface area contributed by atoms with Gasteiger partial charge in [0.05, 0.1) is 12.3 Å². The highest BCUT2D eigenvalue weighted by molar-refractivity contribution is 5.35.